The molecule has 80 valence electrons. The van der Waals surface area contributed by atoms with E-state index in [1.807, 2.05) is 5.38 Å². The Morgan fingerprint density at radius 1 is 1.14 bits per heavy atom. The number of hydrogen-bond donors (Lipinski definition) is 0. The van der Waals surface area contributed by atoms with Crippen LogP contribution in [0.4, 0.5) is 0 Å². The molecule has 0 aliphatic rings. The number of hydrogen-bond acceptors (Lipinski definition) is 3. The van der Waals surface area contributed by atoms with Crippen LogP contribution >= 0.6 is 22.7 Å². The van der Waals surface area contributed by atoms with Gasteiger partial charge < -0.3 is 0 Å². The topological polar surface area (TPSA) is 17.1 Å². The maximum absolute atomic E-state index is 10.9. The van der Waals surface area contributed by atoms with Gasteiger partial charge in [-0.1, -0.05) is 61.7 Å². The highest BCUT2D eigenvalue weighted by atomic mass is 32.2. The summed E-state index contributed by atoms with van der Waals surface area (Å²) in [6.45, 7) is 2.24. The fourth-order valence-electron chi connectivity index (χ4n) is 1.46. The minimum absolute atomic E-state index is 0.242. The average Bonchev–Trinajstić information content (AvgIpc) is 2.58. The summed E-state index contributed by atoms with van der Waals surface area (Å²) in [7, 11) is 0. The molecule has 1 aromatic rings. The molecule has 1 rings (SSSR count). The van der Waals surface area contributed by atoms with Crippen LogP contribution in [0.5, 0.6) is 0 Å². The van der Waals surface area contributed by atoms with Gasteiger partial charge in [0.15, 0.2) is 0 Å². The van der Waals surface area contributed by atoms with Gasteiger partial charge in [-0.3, -0.25) is 4.79 Å². The molecule has 0 atom stereocenters. The summed E-state index contributed by atoms with van der Waals surface area (Å²) < 4.78 is 0.242. The van der Waals surface area contributed by atoms with Gasteiger partial charge in [-0.2, -0.15) is 0 Å². The molecule has 1 aromatic heterocycles. The zero-order chi connectivity index (χ0) is 10.2. The molecule has 0 aliphatic heterocycles. The molecule has 0 fully saturated rings. The van der Waals surface area contributed by atoms with Crippen molar-refractivity contribution in [1.29, 1.82) is 0 Å². The predicted octanol–water partition coefficient (Wildman–Crippen LogP) is 4.07. The molecule has 0 N–H and O–H groups in total. The third-order valence-electron chi connectivity index (χ3n) is 2.28. The van der Waals surface area contributed by atoms with Crippen molar-refractivity contribution < 1.29 is 0 Å². The van der Waals surface area contributed by atoms with Crippen LogP contribution < -0.4 is 4.06 Å². The summed E-state index contributed by atoms with van der Waals surface area (Å²) in [4.78, 5) is 12.2. The van der Waals surface area contributed by atoms with E-state index in [1.54, 1.807) is 0 Å². The van der Waals surface area contributed by atoms with Crippen molar-refractivity contribution >= 4 is 22.7 Å². The minimum Gasteiger partial charge on any atom is -0.265 e. The highest BCUT2D eigenvalue weighted by Gasteiger charge is 1.97. The smallest absolute Gasteiger partial charge is 0.265 e. The van der Waals surface area contributed by atoms with Crippen LogP contribution in [0.2, 0.25) is 0 Å². The first-order valence-corrected chi connectivity index (χ1v) is 7.10. The summed E-state index contributed by atoms with van der Waals surface area (Å²) in [6, 6.07) is 0. The Morgan fingerprint density at radius 3 is 2.50 bits per heavy atom. The van der Waals surface area contributed by atoms with Crippen LogP contribution in [-0.4, -0.2) is 0 Å². The summed E-state index contributed by atoms with van der Waals surface area (Å²) >= 11 is 2.76. The van der Waals surface area contributed by atoms with Crippen molar-refractivity contribution in [3.8, 4) is 0 Å². The first kappa shape index (κ1) is 11.9. The average molecular weight is 230 g/mol. The van der Waals surface area contributed by atoms with Gasteiger partial charge >= 0.3 is 0 Å². The van der Waals surface area contributed by atoms with Crippen LogP contribution in [0.25, 0.3) is 0 Å². The van der Waals surface area contributed by atoms with Gasteiger partial charge in [0.2, 0.25) is 0 Å². The van der Waals surface area contributed by atoms with E-state index >= 15 is 0 Å². The van der Waals surface area contributed by atoms with Crippen molar-refractivity contribution in [3.05, 3.63) is 19.1 Å². The van der Waals surface area contributed by atoms with E-state index in [0.29, 0.717) is 0 Å². The van der Waals surface area contributed by atoms with Crippen LogP contribution in [0.3, 0.4) is 0 Å². The molecule has 0 saturated heterocycles. The lowest BCUT2D eigenvalue weighted by Gasteiger charge is -1.98. The van der Waals surface area contributed by atoms with Crippen molar-refractivity contribution in [2.24, 2.45) is 0 Å². The van der Waals surface area contributed by atoms with Crippen LogP contribution in [0.1, 0.15) is 50.3 Å². The molecule has 0 radical (unpaired) electrons. The Bertz CT molecular complexity index is 287. The number of rotatable bonds is 7. The summed E-state index contributed by atoms with van der Waals surface area (Å²) in [5.41, 5.74) is 0. The molecule has 0 aliphatic carbocycles. The fraction of sp³-hybridized carbons (Fsp3) is 0.727. The number of aryl methyl sites for hydroxylation is 1. The zero-order valence-electron chi connectivity index (χ0n) is 8.75. The Morgan fingerprint density at radius 2 is 1.86 bits per heavy atom. The van der Waals surface area contributed by atoms with E-state index < -0.39 is 0 Å². The molecule has 3 heteroatoms. The van der Waals surface area contributed by atoms with E-state index in [9.17, 15) is 4.79 Å². The van der Waals surface area contributed by atoms with Gasteiger partial charge in [-0.05, 0) is 12.8 Å². The lowest BCUT2D eigenvalue weighted by atomic mass is 10.1. The Labute approximate surface area is 93.8 Å². The maximum atomic E-state index is 10.9. The van der Waals surface area contributed by atoms with E-state index in [2.05, 4.69) is 6.92 Å². The SMILES string of the molecule is CCCCCCCCc1csc(=O)s1. The molecule has 0 unspecified atom stereocenters. The quantitative estimate of drug-likeness (QED) is 0.645. The molecular formula is C11H18OS2. The molecule has 0 saturated carbocycles. The van der Waals surface area contributed by atoms with Gasteiger partial charge in [0, 0.05) is 10.3 Å². The second-order valence-corrected chi connectivity index (χ2v) is 5.77. The van der Waals surface area contributed by atoms with Crippen molar-refractivity contribution in [1.82, 2.24) is 0 Å². The fourth-order valence-corrected chi connectivity index (χ4v) is 3.26. The van der Waals surface area contributed by atoms with Crippen molar-refractivity contribution in [2.45, 2.75) is 51.9 Å². The zero-order valence-corrected chi connectivity index (χ0v) is 10.4. The molecule has 0 amide bonds. The summed E-state index contributed by atoms with van der Waals surface area (Å²) in [5.74, 6) is 0. The second-order valence-electron chi connectivity index (χ2n) is 3.57. The van der Waals surface area contributed by atoms with Crippen LogP contribution in [0.15, 0.2) is 10.2 Å². The largest absolute Gasteiger partial charge is 0.287 e. The van der Waals surface area contributed by atoms with Gasteiger partial charge in [-0.25, -0.2) is 0 Å². The van der Waals surface area contributed by atoms with Crippen molar-refractivity contribution in [2.75, 3.05) is 0 Å². The van der Waals surface area contributed by atoms with E-state index in [-0.39, 0.29) is 4.06 Å². The monoisotopic (exact) mass is 230 g/mol. The Hall–Kier alpha value is -0.150. The van der Waals surface area contributed by atoms with Gasteiger partial charge in [0.05, 0.1) is 0 Å². The third kappa shape index (κ3) is 4.91. The second kappa shape index (κ2) is 7.18. The third-order valence-corrected chi connectivity index (χ3v) is 4.31. The molecule has 0 bridgehead atoms. The van der Waals surface area contributed by atoms with Crippen molar-refractivity contribution in [3.63, 3.8) is 0 Å². The van der Waals surface area contributed by atoms with Gasteiger partial charge in [0.25, 0.3) is 4.06 Å². The molecule has 1 nitrogen and oxygen atoms in total. The Kier molecular flexibility index (Phi) is 6.12. The number of unbranched alkanes of at least 4 members (excludes halogenated alkanes) is 5. The minimum atomic E-state index is 0.242. The lowest BCUT2D eigenvalue weighted by molar-refractivity contribution is 0.609. The predicted molar refractivity (Wildman–Crippen MR) is 65.5 cm³/mol. The van der Waals surface area contributed by atoms with Crippen LogP contribution in [-0.2, 0) is 6.42 Å². The van der Waals surface area contributed by atoms with E-state index in [1.165, 1.54) is 66.1 Å². The summed E-state index contributed by atoms with van der Waals surface area (Å²) in [6.07, 6.45) is 9.07. The first-order chi connectivity index (χ1) is 6.83. The molecular weight excluding hydrogens is 212 g/mol. The molecule has 14 heavy (non-hydrogen) atoms. The lowest BCUT2D eigenvalue weighted by Crippen LogP contribution is -1.83. The van der Waals surface area contributed by atoms with Gasteiger partial charge in [-0.15, -0.1) is 0 Å². The van der Waals surface area contributed by atoms with Crippen LogP contribution in [0, 0.1) is 0 Å². The molecule has 0 spiro atoms. The molecule has 1 heterocycles. The highest BCUT2D eigenvalue weighted by Crippen LogP contribution is 2.13. The van der Waals surface area contributed by atoms with Gasteiger partial charge in [0.1, 0.15) is 0 Å². The highest BCUT2D eigenvalue weighted by molar-refractivity contribution is 7.26. The molecule has 0 aromatic carbocycles. The normalized spacial score (nSPS) is 10.6. The standard InChI is InChI=1S/C11H18OS2/c1-2-3-4-5-6-7-8-10-9-13-11(12)14-10/h9H,2-8H2,1H3. The maximum Gasteiger partial charge on any atom is 0.287 e. The summed E-state index contributed by atoms with van der Waals surface area (Å²) in [5, 5.41) is 2.01. The Balaban J connectivity index is 2.02. The van der Waals surface area contributed by atoms with E-state index in [0.717, 1.165) is 6.42 Å². The van der Waals surface area contributed by atoms with E-state index in [4.69, 9.17) is 0 Å². The first-order valence-electron chi connectivity index (χ1n) is 5.40.